The van der Waals surface area contributed by atoms with E-state index in [9.17, 15) is 4.79 Å². The minimum Gasteiger partial charge on any atom is -0.466 e. The Bertz CT molecular complexity index is 596. The molecule has 19 heavy (non-hydrogen) atoms. The van der Waals surface area contributed by atoms with Gasteiger partial charge in [-0.15, -0.1) is 0 Å². The third-order valence-corrected chi connectivity index (χ3v) is 2.86. The number of anilines is 1. The average Bonchev–Trinajstić information content (AvgIpc) is 2.83. The maximum absolute atomic E-state index is 12.2. The second-order valence-electron chi connectivity index (χ2n) is 4.68. The van der Waals surface area contributed by atoms with Gasteiger partial charge in [0.05, 0.1) is 11.3 Å². The number of amides is 1. The highest BCUT2D eigenvalue weighted by atomic mass is 16.3. The maximum Gasteiger partial charge on any atom is 0.260 e. The first-order valence-corrected chi connectivity index (χ1v) is 6.44. The van der Waals surface area contributed by atoms with Crippen molar-refractivity contribution in [3.63, 3.8) is 0 Å². The molecule has 0 aliphatic carbocycles. The van der Waals surface area contributed by atoms with E-state index in [0.717, 1.165) is 30.2 Å². The van der Waals surface area contributed by atoms with Crippen LogP contribution in [0.3, 0.4) is 0 Å². The molecule has 102 valence electrons. The van der Waals surface area contributed by atoms with Gasteiger partial charge in [0, 0.05) is 12.6 Å². The fraction of sp³-hybridized carbons (Fsp3) is 0.429. The molecule has 0 bridgehead atoms. The molecule has 2 rings (SSSR count). The van der Waals surface area contributed by atoms with E-state index in [1.165, 1.54) is 0 Å². The first-order valence-electron chi connectivity index (χ1n) is 6.44. The molecule has 5 heteroatoms. The summed E-state index contributed by atoms with van der Waals surface area (Å²) in [5.41, 5.74) is 1.46. The van der Waals surface area contributed by atoms with Gasteiger partial charge in [-0.05, 0) is 33.3 Å². The van der Waals surface area contributed by atoms with Crippen molar-refractivity contribution in [2.45, 2.75) is 40.7 Å². The number of rotatable bonds is 4. The van der Waals surface area contributed by atoms with Crippen LogP contribution < -0.4 is 5.32 Å². The van der Waals surface area contributed by atoms with E-state index >= 15 is 0 Å². The van der Waals surface area contributed by atoms with Crippen LogP contribution in [0.4, 0.5) is 5.82 Å². The fourth-order valence-electron chi connectivity index (χ4n) is 2.07. The van der Waals surface area contributed by atoms with Crippen molar-refractivity contribution < 1.29 is 9.21 Å². The topological polar surface area (TPSA) is 60.1 Å². The Kier molecular flexibility index (Phi) is 3.74. The van der Waals surface area contributed by atoms with Crippen LogP contribution in [-0.4, -0.2) is 15.7 Å². The van der Waals surface area contributed by atoms with Gasteiger partial charge in [-0.3, -0.25) is 4.79 Å². The number of nitrogens with one attached hydrogen (secondary N) is 1. The van der Waals surface area contributed by atoms with Crippen LogP contribution in [0.2, 0.25) is 0 Å². The van der Waals surface area contributed by atoms with Gasteiger partial charge in [0.25, 0.3) is 5.91 Å². The van der Waals surface area contributed by atoms with Crippen molar-refractivity contribution >= 4 is 11.7 Å². The molecule has 0 aliphatic heterocycles. The number of aryl methyl sites for hydroxylation is 4. The van der Waals surface area contributed by atoms with Gasteiger partial charge in [0.15, 0.2) is 0 Å². The predicted molar refractivity (Wildman–Crippen MR) is 73.4 cm³/mol. The Morgan fingerprint density at radius 1 is 1.37 bits per heavy atom. The Balaban J connectivity index is 2.21. The third-order valence-electron chi connectivity index (χ3n) is 2.86. The number of hydrogen-bond donors (Lipinski definition) is 1. The second-order valence-corrected chi connectivity index (χ2v) is 4.68. The minimum absolute atomic E-state index is 0.161. The SMILES string of the molecule is CCCn1nc(C)cc1NC(=O)c1cc(C)oc1C. The number of hydrogen-bond acceptors (Lipinski definition) is 3. The number of furan rings is 1. The van der Waals surface area contributed by atoms with Crippen molar-refractivity contribution in [2.75, 3.05) is 5.32 Å². The Morgan fingerprint density at radius 2 is 2.11 bits per heavy atom. The summed E-state index contributed by atoms with van der Waals surface area (Å²) in [5.74, 6) is 1.93. The van der Waals surface area contributed by atoms with Gasteiger partial charge in [-0.25, -0.2) is 4.68 Å². The Hall–Kier alpha value is -2.04. The fourth-order valence-corrected chi connectivity index (χ4v) is 2.07. The lowest BCUT2D eigenvalue weighted by Crippen LogP contribution is -2.16. The van der Waals surface area contributed by atoms with Crippen LogP contribution in [0.5, 0.6) is 0 Å². The summed E-state index contributed by atoms with van der Waals surface area (Å²) in [6, 6.07) is 3.62. The Morgan fingerprint density at radius 3 is 2.68 bits per heavy atom. The summed E-state index contributed by atoms with van der Waals surface area (Å²) in [7, 11) is 0. The largest absolute Gasteiger partial charge is 0.466 e. The first-order chi connectivity index (χ1) is 9.01. The number of carbonyl (C=O) groups excluding carboxylic acids is 1. The molecular formula is C14H19N3O2. The maximum atomic E-state index is 12.2. The van der Waals surface area contributed by atoms with Crippen LogP contribution >= 0.6 is 0 Å². The van der Waals surface area contributed by atoms with E-state index in [0.29, 0.717) is 11.3 Å². The molecule has 0 fully saturated rings. The highest BCUT2D eigenvalue weighted by Crippen LogP contribution is 2.17. The Labute approximate surface area is 112 Å². The highest BCUT2D eigenvalue weighted by molar-refractivity contribution is 6.04. The molecule has 0 saturated heterocycles. The van der Waals surface area contributed by atoms with E-state index < -0.39 is 0 Å². The molecule has 5 nitrogen and oxygen atoms in total. The van der Waals surface area contributed by atoms with Crippen LogP contribution in [-0.2, 0) is 6.54 Å². The standard InChI is InChI=1S/C14H19N3O2/c1-5-6-17-13(7-9(2)16-17)15-14(18)12-8-10(3)19-11(12)4/h7-8H,5-6H2,1-4H3,(H,15,18). The first kappa shape index (κ1) is 13.4. The third kappa shape index (κ3) is 2.86. The molecule has 2 heterocycles. The van der Waals surface area contributed by atoms with Crippen LogP contribution in [0.25, 0.3) is 0 Å². The van der Waals surface area contributed by atoms with Crippen molar-refractivity contribution in [3.8, 4) is 0 Å². The predicted octanol–water partition coefficient (Wildman–Crippen LogP) is 3.06. The van der Waals surface area contributed by atoms with E-state index in [4.69, 9.17) is 4.42 Å². The molecule has 0 unspecified atom stereocenters. The molecule has 1 N–H and O–H groups in total. The lowest BCUT2D eigenvalue weighted by atomic mass is 10.2. The summed E-state index contributed by atoms with van der Waals surface area (Å²) in [6.45, 7) is 8.39. The number of carbonyl (C=O) groups is 1. The van der Waals surface area contributed by atoms with Gasteiger partial charge >= 0.3 is 0 Å². The minimum atomic E-state index is -0.161. The zero-order chi connectivity index (χ0) is 14.0. The van der Waals surface area contributed by atoms with Crippen molar-refractivity contribution in [1.29, 1.82) is 0 Å². The number of aromatic nitrogens is 2. The van der Waals surface area contributed by atoms with E-state index in [1.54, 1.807) is 13.0 Å². The molecule has 0 atom stereocenters. The molecule has 0 radical (unpaired) electrons. The van der Waals surface area contributed by atoms with E-state index in [2.05, 4.69) is 17.3 Å². The van der Waals surface area contributed by atoms with Gasteiger partial charge in [0.1, 0.15) is 17.3 Å². The lowest BCUT2D eigenvalue weighted by molar-refractivity contribution is 0.102. The summed E-state index contributed by atoms with van der Waals surface area (Å²) in [4.78, 5) is 12.2. The van der Waals surface area contributed by atoms with Crippen molar-refractivity contribution in [2.24, 2.45) is 0 Å². The molecule has 2 aromatic rings. The summed E-state index contributed by atoms with van der Waals surface area (Å²) >= 11 is 0. The zero-order valence-corrected chi connectivity index (χ0v) is 11.8. The molecule has 0 aromatic carbocycles. The van der Waals surface area contributed by atoms with Gasteiger partial charge < -0.3 is 9.73 Å². The zero-order valence-electron chi connectivity index (χ0n) is 11.8. The molecule has 0 aliphatic rings. The molecule has 0 saturated carbocycles. The van der Waals surface area contributed by atoms with E-state index in [1.807, 2.05) is 24.6 Å². The van der Waals surface area contributed by atoms with Crippen molar-refractivity contribution in [1.82, 2.24) is 9.78 Å². The number of nitrogens with zero attached hydrogens (tertiary/aromatic N) is 2. The lowest BCUT2D eigenvalue weighted by Gasteiger charge is -2.07. The summed E-state index contributed by atoms with van der Waals surface area (Å²) in [5, 5.41) is 7.24. The molecular weight excluding hydrogens is 242 g/mol. The van der Waals surface area contributed by atoms with Crippen LogP contribution in [0.15, 0.2) is 16.5 Å². The van der Waals surface area contributed by atoms with Crippen molar-refractivity contribution in [3.05, 3.63) is 34.9 Å². The second kappa shape index (κ2) is 5.30. The van der Waals surface area contributed by atoms with Gasteiger partial charge in [-0.2, -0.15) is 5.10 Å². The van der Waals surface area contributed by atoms with Gasteiger partial charge in [0.2, 0.25) is 0 Å². The summed E-state index contributed by atoms with van der Waals surface area (Å²) in [6.07, 6.45) is 0.966. The smallest absolute Gasteiger partial charge is 0.260 e. The molecule has 1 amide bonds. The average molecular weight is 261 g/mol. The normalized spacial score (nSPS) is 10.7. The quantitative estimate of drug-likeness (QED) is 0.920. The molecule has 0 spiro atoms. The summed E-state index contributed by atoms with van der Waals surface area (Å²) < 4.78 is 7.19. The highest BCUT2D eigenvalue weighted by Gasteiger charge is 2.15. The van der Waals surface area contributed by atoms with Gasteiger partial charge in [-0.1, -0.05) is 6.92 Å². The van der Waals surface area contributed by atoms with E-state index in [-0.39, 0.29) is 5.91 Å². The van der Waals surface area contributed by atoms with Crippen LogP contribution in [0.1, 0.15) is 40.9 Å². The molecule has 2 aromatic heterocycles. The van der Waals surface area contributed by atoms with Crippen LogP contribution in [0, 0.1) is 20.8 Å². The monoisotopic (exact) mass is 261 g/mol.